The van der Waals surface area contributed by atoms with Crippen molar-refractivity contribution < 1.29 is 45.0 Å². The number of aliphatic carboxylic acids is 1. The third-order valence-corrected chi connectivity index (χ3v) is 8.12. The summed E-state index contributed by atoms with van der Waals surface area (Å²) in [4.78, 5) is 15.6. The molecule has 0 spiro atoms. The molecule has 0 aliphatic carbocycles. The Kier molecular flexibility index (Phi) is 6.81. The number of aryl methyl sites for hydroxylation is 1. The first-order valence-corrected chi connectivity index (χ1v) is 11.3. The number of hydrogen-bond donors (Lipinski definition) is 1. The zero-order valence-electron chi connectivity index (χ0n) is 17.1. The molecule has 33 heavy (non-hydrogen) atoms. The van der Waals surface area contributed by atoms with E-state index in [1.165, 1.54) is 36.4 Å². The Balaban J connectivity index is 1.77. The van der Waals surface area contributed by atoms with Crippen LogP contribution in [0.25, 0.3) is 11.3 Å². The van der Waals surface area contributed by atoms with Gasteiger partial charge in [-0.3, -0.25) is 9.78 Å². The predicted octanol–water partition coefficient (Wildman–Crippen LogP) is 4.29. The average Bonchev–Trinajstić information content (AvgIpc) is 2.77. The maximum Gasteiger partial charge on any atom is 0.453 e. The molecule has 180 valence electrons. The number of ether oxygens (including phenoxy) is 1. The number of sulfone groups is 1. The van der Waals surface area contributed by atoms with Gasteiger partial charge in [0.2, 0.25) is 0 Å². The highest BCUT2D eigenvalue weighted by Crippen LogP contribution is 2.39. The highest BCUT2D eigenvalue weighted by molar-refractivity contribution is 7.93. The van der Waals surface area contributed by atoms with Gasteiger partial charge in [0.15, 0.2) is 14.6 Å². The summed E-state index contributed by atoms with van der Waals surface area (Å²) in [7, 11) is -4.27. The van der Waals surface area contributed by atoms with Crippen LogP contribution in [-0.2, 0) is 25.8 Å². The number of aromatic nitrogens is 1. The maximum absolute atomic E-state index is 13.1. The van der Waals surface area contributed by atoms with Crippen LogP contribution in [0.15, 0.2) is 47.5 Å². The summed E-state index contributed by atoms with van der Waals surface area (Å²) >= 11 is 0. The van der Waals surface area contributed by atoms with Crippen LogP contribution in [0.2, 0.25) is 0 Å². The fourth-order valence-corrected chi connectivity index (χ4v) is 5.34. The first-order valence-electron chi connectivity index (χ1n) is 9.86. The number of nitrogens with zero attached hydrogens (tertiary/aromatic N) is 1. The number of carbonyl (C=O) groups is 1. The molecule has 0 bridgehead atoms. The normalized spacial score (nSPS) is 17.0. The first kappa shape index (κ1) is 25.0. The molecule has 1 saturated heterocycles. The monoisotopic (exact) mass is 493 g/mol. The molecule has 0 radical (unpaired) electrons. The number of pyridine rings is 1. The van der Waals surface area contributed by atoms with Crippen LogP contribution in [0.1, 0.15) is 24.8 Å². The molecule has 0 amide bonds. The van der Waals surface area contributed by atoms with E-state index >= 15 is 0 Å². The van der Waals surface area contributed by atoms with Gasteiger partial charge < -0.3 is 9.84 Å². The Labute approximate surface area is 186 Å². The van der Waals surface area contributed by atoms with Crippen LogP contribution in [0.4, 0.5) is 22.0 Å². The fraction of sp³-hybridized carbons (Fsp3) is 0.429. The van der Waals surface area contributed by atoms with Crippen LogP contribution < -0.4 is 0 Å². The summed E-state index contributed by atoms with van der Waals surface area (Å²) in [6, 6.07) is 8.30. The quantitative estimate of drug-likeness (QED) is 0.579. The molecule has 0 saturated carbocycles. The smallest absolute Gasteiger partial charge is 0.453 e. The maximum atomic E-state index is 13.1. The van der Waals surface area contributed by atoms with Gasteiger partial charge in [0.25, 0.3) is 0 Å². The lowest BCUT2D eigenvalue weighted by Crippen LogP contribution is -2.50. The second-order valence-electron chi connectivity index (χ2n) is 7.69. The van der Waals surface area contributed by atoms with E-state index in [1.54, 1.807) is 0 Å². The standard InChI is InChI=1S/C21H20F5NO5S/c22-20(23,21(24,25)26)8-7-14-1-3-15(4-2-14)17-6-5-16(13-27-17)33(30,31)19(18(28)29)9-11-32-12-10-19/h1-6,13H,7-12H2,(H,28,29). The average molecular weight is 493 g/mol. The Hall–Kier alpha value is -2.60. The predicted molar refractivity (Wildman–Crippen MR) is 107 cm³/mol. The number of hydrogen-bond acceptors (Lipinski definition) is 5. The Morgan fingerprint density at radius 1 is 1.03 bits per heavy atom. The molecule has 3 rings (SSSR count). The molecular formula is C21H20F5NO5S. The first-order chi connectivity index (χ1) is 15.3. The van der Waals surface area contributed by atoms with E-state index < -0.39 is 45.5 Å². The molecule has 1 aliphatic rings. The zero-order chi connectivity index (χ0) is 24.5. The molecule has 1 N–H and O–H groups in total. The highest BCUT2D eigenvalue weighted by atomic mass is 32.2. The van der Waals surface area contributed by atoms with Crippen LogP contribution in [0.5, 0.6) is 0 Å². The Morgan fingerprint density at radius 2 is 1.64 bits per heavy atom. The topological polar surface area (TPSA) is 93.6 Å². The molecule has 0 unspecified atom stereocenters. The van der Waals surface area contributed by atoms with E-state index in [1.807, 2.05) is 0 Å². The molecule has 1 aliphatic heterocycles. The molecule has 0 atom stereocenters. The third kappa shape index (κ3) is 4.86. The summed E-state index contributed by atoms with van der Waals surface area (Å²) in [5.41, 5.74) is 1.06. The van der Waals surface area contributed by atoms with Gasteiger partial charge in [-0.25, -0.2) is 8.42 Å². The third-order valence-electron chi connectivity index (χ3n) is 5.64. The van der Waals surface area contributed by atoms with Gasteiger partial charge in [-0.1, -0.05) is 24.3 Å². The highest BCUT2D eigenvalue weighted by Gasteiger charge is 2.56. The van der Waals surface area contributed by atoms with Crippen molar-refractivity contribution in [2.45, 2.75) is 47.4 Å². The van der Waals surface area contributed by atoms with E-state index in [-0.39, 0.29) is 36.5 Å². The van der Waals surface area contributed by atoms with E-state index in [0.717, 1.165) is 6.20 Å². The minimum atomic E-state index is -5.61. The largest absolute Gasteiger partial charge is 0.480 e. The van der Waals surface area contributed by atoms with Crippen molar-refractivity contribution in [1.82, 2.24) is 4.98 Å². The van der Waals surface area contributed by atoms with Crippen LogP contribution in [0.3, 0.4) is 0 Å². The van der Waals surface area contributed by atoms with Crippen LogP contribution >= 0.6 is 0 Å². The van der Waals surface area contributed by atoms with Gasteiger partial charge in [0.1, 0.15) is 0 Å². The van der Waals surface area contributed by atoms with Crippen LogP contribution in [0, 0.1) is 0 Å². The van der Waals surface area contributed by atoms with Crippen molar-refractivity contribution in [3.05, 3.63) is 48.2 Å². The molecule has 12 heteroatoms. The lowest BCUT2D eigenvalue weighted by Gasteiger charge is -2.32. The van der Waals surface area contributed by atoms with Crippen LogP contribution in [-0.4, -0.2) is 54.5 Å². The minimum Gasteiger partial charge on any atom is -0.480 e. The lowest BCUT2D eigenvalue weighted by molar-refractivity contribution is -0.284. The SMILES string of the molecule is O=C(O)C1(S(=O)(=O)c2ccc(-c3ccc(CCC(F)(F)C(F)(F)F)cc3)nc2)CCOCC1. The number of rotatable bonds is 7. The van der Waals surface area contributed by atoms with E-state index in [9.17, 15) is 40.3 Å². The summed E-state index contributed by atoms with van der Waals surface area (Å²) in [6.45, 7) is -0.00339. The van der Waals surface area contributed by atoms with Gasteiger partial charge in [0, 0.05) is 44.2 Å². The fourth-order valence-electron chi connectivity index (χ4n) is 3.52. The summed E-state index contributed by atoms with van der Waals surface area (Å²) in [5.74, 6) is -6.24. The molecule has 6 nitrogen and oxygen atoms in total. The second kappa shape index (κ2) is 8.98. The second-order valence-corrected chi connectivity index (χ2v) is 9.95. The van der Waals surface area contributed by atoms with Gasteiger partial charge in [-0.2, -0.15) is 22.0 Å². The Morgan fingerprint density at radius 3 is 2.12 bits per heavy atom. The van der Waals surface area contributed by atoms with E-state index in [0.29, 0.717) is 11.3 Å². The van der Waals surface area contributed by atoms with Crippen molar-refractivity contribution in [2.75, 3.05) is 13.2 Å². The van der Waals surface area contributed by atoms with Crippen molar-refractivity contribution in [2.24, 2.45) is 0 Å². The molecule has 2 aromatic rings. The summed E-state index contributed by atoms with van der Waals surface area (Å²) in [5, 5.41) is 9.62. The zero-order valence-corrected chi connectivity index (χ0v) is 17.9. The molecule has 2 heterocycles. The van der Waals surface area contributed by atoms with E-state index in [4.69, 9.17) is 4.74 Å². The van der Waals surface area contributed by atoms with Gasteiger partial charge in [0.05, 0.1) is 10.6 Å². The molecule has 1 fully saturated rings. The number of benzene rings is 1. The van der Waals surface area contributed by atoms with Gasteiger partial charge in [-0.05, 0) is 24.1 Å². The summed E-state index contributed by atoms with van der Waals surface area (Å²) < 4.78 is 92.2. The molecule has 1 aromatic carbocycles. The summed E-state index contributed by atoms with van der Waals surface area (Å²) in [6.07, 6.45) is -6.82. The minimum absolute atomic E-state index is 0.00169. The number of alkyl halides is 5. The van der Waals surface area contributed by atoms with Gasteiger partial charge >= 0.3 is 18.1 Å². The van der Waals surface area contributed by atoms with Crippen molar-refractivity contribution >= 4 is 15.8 Å². The lowest BCUT2D eigenvalue weighted by atomic mass is 9.99. The Bertz CT molecular complexity index is 1090. The van der Waals surface area contributed by atoms with Crippen molar-refractivity contribution in [1.29, 1.82) is 0 Å². The van der Waals surface area contributed by atoms with E-state index in [2.05, 4.69) is 4.98 Å². The number of carboxylic acids is 1. The van der Waals surface area contributed by atoms with Gasteiger partial charge in [-0.15, -0.1) is 0 Å². The molecular weight excluding hydrogens is 473 g/mol. The van der Waals surface area contributed by atoms with Crippen molar-refractivity contribution in [3.63, 3.8) is 0 Å². The number of carboxylic acid groups (broad SMARTS) is 1. The number of halogens is 5. The molecule has 1 aromatic heterocycles. The van der Waals surface area contributed by atoms with Crippen molar-refractivity contribution in [3.8, 4) is 11.3 Å².